The molecule has 1 unspecified atom stereocenters. The van der Waals surface area contributed by atoms with E-state index in [1.165, 1.54) is 37.0 Å². The predicted octanol–water partition coefficient (Wildman–Crippen LogP) is 4.00. The number of fused-ring (bicyclic) bond motifs is 1. The number of rotatable bonds is 4. The number of piperazine rings is 1. The Labute approximate surface area is 210 Å². The van der Waals surface area contributed by atoms with Crippen molar-refractivity contribution in [3.8, 4) is 0 Å². The molecule has 0 bridgehead atoms. The van der Waals surface area contributed by atoms with Gasteiger partial charge in [-0.25, -0.2) is 4.99 Å². The minimum atomic E-state index is -0.515. The van der Waals surface area contributed by atoms with E-state index in [4.69, 9.17) is 23.8 Å². The molecule has 5 rings (SSSR count). The van der Waals surface area contributed by atoms with Gasteiger partial charge < -0.3 is 4.90 Å². The number of hydrogen-bond acceptors (Lipinski definition) is 4. The molecule has 1 saturated carbocycles. The van der Waals surface area contributed by atoms with Gasteiger partial charge in [-0.1, -0.05) is 55.1 Å². The maximum absolute atomic E-state index is 13.2. The molecule has 34 heavy (non-hydrogen) atoms. The number of halogens is 1. The standard InChI is InChI=1S/C26H29ClN4O2S/c27-20-9-6-18(7-10-20)17-31-25(33)22-11-8-19(16-23(22)28-26(31)34)24(32)30-14-12-29(13-15-30)21-4-2-1-3-5-21/h6-11,16,21-22H,1-5,12-15,17H2. The minimum absolute atomic E-state index is 0.00246. The van der Waals surface area contributed by atoms with Gasteiger partial charge in [0.25, 0.3) is 5.91 Å². The van der Waals surface area contributed by atoms with Gasteiger partial charge in [-0.3, -0.25) is 19.4 Å². The lowest BCUT2D eigenvalue weighted by Gasteiger charge is -2.41. The topological polar surface area (TPSA) is 56.2 Å². The molecule has 8 heteroatoms. The smallest absolute Gasteiger partial charge is 0.253 e. The zero-order valence-electron chi connectivity index (χ0n) is 19.2. The van der Waals surface area contributed by atoms with Gasteiger partial charge >= 0.3 is 0 Å². The van der Waals surface area contributed by atoms with Gasteiger partial charge in [-0.2, -0.15) is 0 Å². The fourth-order valence-electron chi connectivity index (χ4n) is 5.31. The lowest BCUT2D eigenvalue weighted by atomic mass is 9.91. The van der Waals surface area contributed by atoms with E-state index in [2.05, 4.69) is 9.89 Å². The van der Waals surface area contributed by atoms with Gasteiger partial charge in [0.2, 0.25) is 11.0 Å². The molecule has 2 aliphatic carbocycles. The molecular formula is C26H29ClN4O2S. The number of aliphatic imine (C=N–C) groups is 1. The van der Waals surface area contributed by atoms with E-state index in [0.29, 0.717) is 28.9 Å². The molecule has 2 fully saturated rings. The van der Waals surface area contributed by atoms with Crippen molar-refractivity contribution in [2.24, 2.45) is 10.9 Å². The number of amides is 2. The van der Waals surface area contributed by atoms with E-state index in [1.54, 1.807) is 30.4 Å². The molecule has 0 spiro atoms. The highest BCUT2D eigenvalue weighted by Crippen LogP contribution is 2.26. The first-order valence-electron chi connectivity index (χ1n) is 12.1. The lowest BCUT2D eigenvalue weighted by molar-refractivity contribution is -0.130. The first-order chi connectivity index (χ1) is 16.5. The van der Waals surface area contributed by atoms with Gasteiger partial charge in [0, 0.05) is 42.8 Å². The van der Waals surface area contributed by atoms with E-state index in [1.807, 2.05) is 17.0 Å². The summed E-state index contributed by atoms with van der Waals surface area (Å²) in [5.41, 5.74) is 2.05. The van der Waals surface area contributed by atoms with Crippen LogP contribution in [0.4, 0.5) is 0 Å². The largest absolute Gasteiger partial charge is 0.336 e. The first-order valence-corrected chi connectivity index (χ1v) is 12.9. The Bertz CT molecular complexity index is 1070. The Hall–Kier alpha value is -2.35. The number of thiocarbonyl (C=S) groups is 1. The van der Waals surface area contributed by atoms with Crippen LogP contribution in [0.15, 0.2) is 53.1 Å². The van der Waals surface area contributed by atoms with Crippen LogP contribution >= 0.6 is 23.8 Å². The van der Waals surface area contributed by atoms with Crippen molar-refractivity contribution in [2.45, 2.75) is 44.7 Å². The molecule has 0 radical (unpaired) electrons. The zero-order chi connectivity index (χ0) is 23.7. The van der Waals surface area contributed by atoms with Crippen molar-refractivity contribution in [1.29, 1.82) is 0 Å². The number of benzene rings is 1. The molecule has 178 valence electrons. The first kappa shape index (κ1) is 23.4. The molecule has 0 aromatic heterocycles. The van der Waals surface area contributed by atoms with E-state index < -0.39 is 5.92 Å². The van der Waals surface area contributed by atoms with Crippen LogP contribution in [0.2, 0.25) is 5.02 Å². The Kier molecular flexibility index (Phi) is 6.95. The average Bonchev–Trinajstić information content (AvgIpc) is 2.87. The summed E-state index contributed by atoms with van der Waals surface area (Å²) in [6.45, 7) is 3.68. The fourth-order valence-corrected chi connectivity index (χ4v) is 5.70. The molecule has 4 aliphatic rings. The van der Waals surface area contributed by atoms with Crippen LogP contribution in [0.3, 0.4) is 0 Å². The maximum Gasteiger partial charge on any atom is 0.253 e. The van der Waals surface area contributed by atoms with Crippen LogP contribution < -0.4 is 0 Å². The molecule has 1 aromatic rings. The quantitative estimate of drug-likeness (QED) is 0.591. The number of carbonyl (C=O) groups excluding carboxylic acids is 2. The molecular weight excluding hydrogens is 468 g/mol. The van der Waals surface area contributed by atoms with Crippen LogP contribution in [0.1, 0.15) is 37.7 Å². The van der Waals surface area contributed by atoms with Crippen molar-refractivity contribution in [3.05, 3.63) is 58.7 Å². The summed E-state index contributed by atoms with van der Waals surface area (Å²) in [6, 6.07) is 8.01. The third kappa shape index (κ3) is 4.88. The summed E-state index contributed by atoms with van der Waals surface area (Å²) in [4.78, 5) is 36.9. The maximum atomic E-state index is 13.2. The third-order valence-corrected chi connectivity index (χ3v) is 7.84. The number of nitrogens with zero attached hydrogens (tertiary/aromatic N) is 4. The number of hydrogen-bond donors (Lipinski definition) is 0. The molecule has 1 aromatic carbocycles. The van der Waals surface area contributed by atoms with Gasteiger partial charge in [0.05, 0.1) is 18.2 Å². The summed E-state index contributed by atoms with van der Waals surface area (Å²) in [5.74, 6) is -0.633. The molecule has 1 saturated heterocycles. The Morgan fingerprint density at radius 2 is 1.76 bits per heavy atom. The van der Waals surface area contributed by atoms with Crippen LogP contribution in [0, 0.1) is 5.92 Å². The van der Waals surface area contributed by atoms with Gasteiger partial charge in [0.15, 0.2) is 0 Å². The number of allylic oxidation sites excluding steroid dienone is 1. The highest BCUT2D eigenvalue weighted by atomic mass is 35.5. The summed E-state index contributed by atoms with van der Waals surface area (Å²) < 4.78 is 0. The molecule has 2 heterocycles. The van der Waals surface area contributed by atoms with E-state index in [-0.39, 0.29) is 16.9 Å². The summed E-state index contributed by atoms with van der Waals surface area (Å²) >= 11 is 11.4. The Morgan fingerprint density at radius 1 is 1.06 bits per heavy atom. The second-order valence-corrected chi connectivity index (χ2v) is 10.2. The van der Waals surface area contributed by atoms with Gasteiger partial charge in [-0.05, 0) is 48.8 Å². The molecule has 1 atom stereocenters. The second-order valence-electron chi connectivity index (χ2n) is 9.43. The highest BCUT2D eigenvalue weighted by molar-refractivity contribution is 7.80. The SMILES string of the molecule is O=C(C1=CC2=NC(=S)N(Cc3ccc(Cl)cc3)C(=O)C2C=C1)N1CCN(C2CCCCC2)CC1. The third-order valence-electron chi connectivity index (χ3n) is 7.27. The van der Waals surface area contributed by atoms with Crippen LogP contribution in [-0.4, -0.2) is 69.6 Å². The highest BCUT2D eigenvalue weighted by Gasteiger charge is 2.36. The summed E-state index contributed by atoms with van der Waals surface area (Å²) in [6.07, 6.45) is 11.9. The monoisotopic (exact) mass is 496 g/mol. The lowest BCUT2D eigenvalue weighted by Crippen LogP contribution is -2.52. The van der Waals surface area contributed by atoms with Crippen molar-refractivity contribution >= 4 is 46.5 Å². The normalized spacial score (nSPS) is 24.1. The van der Waals surface area contributed by atoms with Gasteiger partial charge in [0.1, 0.15) is 0 Å². The van der Waals surface area contributed by atoms with Crippen LogP contribution in [0.25, 0.3) is 0 Å². The van der Waals surface area contributed by atoms with Crippen molar-refractivity contribution in [2.75, 3.05) is 26.2 Å². The molecule has 2 aliphatic heterocycles. The van der Waals surface area contributed by atoms with Crippen LogP contribution in [0.5, 0.6) is 0 Å². The molecule has 2 amide bonds. The van der Waals surface area contributed by atoms with Crippen molar-refractivity contribution in [1.82, 2.24) is 14.7 Å². The van der Waals surface area contributed by atoms with Crippen molar-refractivity contribution < 1.29 is 9.59 Å². The zero-order valence-corrected chi connectivity index (χ0v) is 20.7. The fraction of sp³-hybridized carbons (Fsp3) is 0.462. The van der Waals surface area contributed by atoms with Crippen LogP contribution in [-0.2, 0) is 16.1 Å². The van der Waals surface area contributed by atoms with E-state index >= 15 is 0 Å². The van der Waals surface area contributed by atoms with E-state index in [0.717, 1.165) is 31.7 Å². The number of carbonyl (C=O) groups is 2. The Morgan fingerprint density at radius 3 is 2.47 bits per heavy atom. The van der Waals surface area contributed by atoms with Crippen molar-refractivity contribution in [3.63, 3.8) is 0 Å². The van der Waals surface area contributed by atoms with Gasteiger partial charge in [-0.15, -0.1) is 0 Å². The second kappa shape index (κ2) is 10.1. The molecule has 6 nitrogen and oxygen atoms in total. The summed E-state index contributed by atoms with van der Waals surface area (Å²) in [5, 5.41) is 0.871. The predicted molar refractivity (Wildman–Crippen MR) is 138 cm³/mol. The average molecular weight is 497 g/mol. The minimum Gasteiger partial charge on any atom is -0.336 e. The Balaban J connectivity index is 1.24. The van der Waals surface area contributed by atoms with E-state index in [9.17, 15) is 9.59 Å². The summed E-state index contributed by atoms with van der Waals surface area (Å²) in [7, 11) is 0. The molecule has 0 N–H and O–H groups in total.